The minimum atomic E-state index is -0.627. The molecule has 4 amide bonds. The highest BCUT2D eigenvalue weighted by molar-refractivity contribution is 6.06. The van der Waals surface area contributed by atoms with Gasteiger partial charge in [0.2, 0.25) is 17.7 Å². The molecular formula is C15H18N4O4. The Labute approximate surface area is 133 Å². The number of hydrazine groups is 1. The Balaban J connectivity index is 2.21. The average molecular weight is 318 g/mol. The number of para-hydroxylation sites is 1. The maximum absolute atomic E-state index is 12.3. The van der Waals surface area contributed by atoms with Crippen molar-refractivity contribution in [3.63, 3.8) is 0 Å². The lowest BCUT2D eigenvalue weighted by Gasteiger charge is -2.38. The van der Waals surface area contributed by atoms with Gasteiger partial charge >= 0.3 is 0 Å². The molecule has 1 heterocycles. The zero-order chi connectivity index (χ0) is 17.0. The molecule has 0 saturated carbocycles. The molecule has 0 radical (unpaired) electrons. The van der Waals surface area contributed by atoms with Crippen molar-refractivity contribution in [3.8, 4) is 0 Å². The molecule has 0 aliphatic carbocycles. The van der Waals surface area contributed by atoms with Crippen molar-refractivity contribution in [2.75, 3.05) is 24.5 Å². The van der Waals surface area contributed by atoms with Crippen molar-refractivity contribution in [3.05, 3.63) is 30.3 Å². The van der Waals surface area contributed by atoms with Crippen LogP contribution < -0.4 is 10.6 Å². The molecule has 1 aromatic carbocycles. The number of carbonyl (C=O) groups excluding carboxylic acids is 4. The van der Waals surface area contributed by atoms with Crippen LogP contribution in [0.3, 0.4) is 0 Å². The summed E-state index contributed by atoms with van der Waals surface area (Å²) in [5, 5.41) is 1.59. The summed E-state index contributed by atoms with van der Waals surface area (Å²) in [6.45, 7) is 0.608. The molecule has 8 heteroatoms. The summed E-state index contributed by atoms with van der Waals surface area (Å²) in [4.78, 5) is 49.7. The van der Waals surface area contributed by atoms with Crippen LogP contribution >= 0.6 is 0 Å². The Kier molecular flexibility index (Phi) is 5.07. The quantitative estimate of drug-likeness (QED) is 0.806. The van der Waals surface area contributed by atoms with Gasteiger partial charge in [-0.05, 0) is 12.1 Å². The molecule has 122 valence electrons. The van der Waals surface area contributed by atoms with Crippen LogP contribution in [0.15, 0.2) is 30.3 Å². The summed E-state index contributed by atoms with van der Waals surface area (Å²) in [5.74, 6) is -2.11. The van der Waals surface area contributed by atoms with Crippen molar-refractivity contribution in [2.24, 2.45) is 5.73 Å². The normalized spacial score (nSPS) is 14.9. The lowest BCUT2D eigenvalue weighted by Crippen LogP contribution is -2.62. The fraction of sp³-hybridized carbons (Fsp3) is 0.333. The number of benzene rings is 1. The zero-order valence-corrected chi connectivity index (χ0v) is 12.8. The first-order valence-electron chi connectivity index (χ1n) is 7.15. The van der Waals surface area contributed by atoms with Crippen LogP contribution in [0.4, 0.5) is 5.69 Å². The summed E-state index contributed by atoms with van der Waals surface area (Å²) in [7, 11) is 0. The maximum atomic E-state index is 12.3. The van der Waals surface area contributed by atoms with E-state index in [9.17, 15) is 19.2 Å². The van der Waals surface area contributed by atoms with Crippen molar-refractivity contribution >= 4 is 29.3 Å². The van der Waals surface area contributed by atoms with E-state index in [0.29, 0.717) is 10.7 Å². The fourth-order valence-corrected chi connectivity index (χ4v) is 2.34. The molecule has 8 nitrogen and oxygen atoms in total. The number of rotatable bonds is 4. The number of amides is 4. The number of carbonyl (C=O) groups is 4. The monoisotopic (exact) mass is 318 g/mol. The summed E-state index contributed by atoms with van der Waals surface area (Å²) >= 11 is 0. The summed E-state index contributed by atoms with van der Waals surface area (Å²) in [6, 6.07) is 8.74. The van der Waals surface area contributed by atoms with E-state index in [-0.39, 0.29) is 32.0 Å². The molecular weight excluding hydrogens is 300 g/mol. The first kappa shape index (κ1) is 16.6. The van der Waals surface area contributed by atoms with Crippen molar-refractivity contribution in [1.82, 2.24) is 10.0 Å². The highest BCUT2D eigenvalue weighted by atomic mass is 16.2. The highest BCUT2D eigenvalue weighted by Crippen LogP contribution is 2.18. The molecule has 0 aromatic heterocycles. The molecule has 1 saturated heterocycles. The number of piperazine rings is 1. The van der Waals surface area contributed by atoms with Crippen molar-refractivity contribution < 1.29 is 19.2 Å². The van der Waals surface area contributed by atoms with Crippen LogP contribution in [0, 0.1) is 0 Å². The highest BCUT2D eigenvalue weighted by Gasteiger charge is 2.37. The Morgan fingerprint density at radius 2 is 1.78 bits per heavy atom. The van der Waals surface area contributed by atoms with E-state index >= 15 is 0 Å². The van der Waals surface area contributed by atoms with Gasteiger partial charge in [-0.25, -0.2) is 5.01 Å². The van der Waals surface area contributed by atoms with Gasteiger partial charge in [-0.1, -0.05) is 18.2 Å². The average Bonchev–Trinajstić information content (AvgIpc) is 2.51. The third-order valence-electron chi connectivity index (χ3n) is 3.37. The zero-order valence-electron chi connectivity index (χ0n) is 12.8. The smallest absolute Gasteiger partial charge is 0.262 e. The van der Waals surface area contributed by atoms with Crippen molar-refractivity contribution in [1.29, 1.82) is 0 Å². The van der Waals surface area contributed by atoms with Gasteiger partial charge in [0.25, 0.3) is 5.91 Å². The number of nitrogens with zero attached hydrogens (tertiary/aromatic N) is 3. The Bertz CT molecular complexity index is 632. The van der Waals surface area contributed by atoms with E-state index in [0.717, 1.165) is 11.9 Å². The Hall–Kier alpha value is -2.74. The van der Waals surface area contributed by atoms with Gasteiger partial charge < -0.3 is 10.6 Å². The van der Waals surface area contributed by atoms with Crippen LogP contribution in [0.2, 0.25) is 0 Å². The van der Waals surface area contributed by atoms with Crippen LogP contribution in [0.5, 0.6) is 0 Å². The van der Waals surface area contributed by atoms with E-state index in [4.69, 9.17) is 5.73 Å². The van der Waals surface area contributed by atoms with Gasteiger partial charge in [-0.2, -0.15) is 5.01 Å². The predicted molar refractivity (Wildman–Crippen MR) is 81.7 cm³/mol. The standard InChI is InChI=1S/C15H18N4O4/c1-11(20)19(13(21)7-8-16)18-10-14(22)17(9-15(18)23)12-5-3-2-4-6-12/h2-6H,7-10,16H2,1H3. The topological polar surface area (TPSA) is 104 Å². The third-order valence-corrected chi connectivity index (χ3v) is 3.37. The van der Waals surface area contributed by atoms with Crippen LogP contribution in [0.1, 0.15) is 13.3 Å². The molecule has 0 atom stereocenters. The van der Waals surface area contributed by atoms with Gasteiger partial charge in [0.1, 0.15) is 13.1 Å². The number of hydrogen-bond acceptors (Lipinski definition) is 5. The Morgan fingerprint density at radius 3 is 2.35 bits per heavy atom. The second-order valence-corrected chi connectivity index (χ2v) is 5.03. The molecule has 0 bridgehead atoms. The minimum Gasteiger partial charge on any atom is -0.330 e. The van der Waals surface area contributed by atoms with Crippen LogP contribution in [0.25, 0.3) is 0 Å². The van der Waals surface area contributed by atoms with Gasteiger partial charge in [0.05, 0.1) is 0 Å². The molecule has 1 aliphatic heterocycles. The number of nitrogens with two attached hydrogens (primary N) is 1. The van der Waals surface area contributed by atoms with E-state index in [2.05, 4.69) is 0 Å². The minimum absolute atomic E-state index is 0.0503. The molecule has 1 fully saturated rings. The predicted octanol–water partition coefficient (Wildman–Crippen LogP) is -0.499. The van der Waals surface area contributed by atoms with Crippen LogP contribution in [-0.4, -0.2) is 53.3 Å². The largest absolute Gasteiger partial charge is 0.330 e. The lowest BCUT2D eigenvalue weighted by molar-refractivity contribution is -0.174. The molecule has 2 rings (SSSR count). The third kappa shape index (κ3) is 3.54. The Morgan fingerprint density at radius 1 is 1.13 bits per heavy atom. The van der Waals surface area contributed by atoms with Crippen LogP contribution in [-0.2, 0) is 19.2 Å². The van der Waals surface area contributed by atoms with E-state index in [1.807, 2.05) is 0 Å². The number of anilines is 1. The molecule has 1 aromatic rings. The number of imide groups is 1. The molecule has 1 aliphatic rings. The summed E-state index contributed by atoms with van der Waals surface area (Å²) < 4.78 is 0. The van der Waals surface area contributed by atoms with E-state index in [1.165, 1.54) is 4.90 Å². The van der Waals surface area contributed by atoms with E-state index in [1.54, 1.807) is 30.3 Å². The molecule has 0 spiro atoms. The first-order chi connectivity index (χ1) is 11.0. The second kappa shape index (κ2) is 7.01. The number of hydrogen-bond donors (Lipinski definition) is 1. The van der Waals surface area contributed by atoms with Gasteiger partial charge in [-0.15, -0.1) is 0 Å². The van der Waals surface area contributed by atoms with E-state index < -0.39 is 17.7 Å². The molecule has 23 heavy (non-hydrogen) atoms. The van der Waals surface area contributed by atoms with Gasteiger partial charge in [-0.3, -0.25) is 19.2 Å². The second-order valence-electron chi connectivity index (χ2n) is 5.03. The van der Waals surface area contributed by atoms with Crippen molar-refractivity contribution in [2.45, 2.75) is 13.3 Å². The van der Waals surface area contributed by atoms with Gasteiger partial charge in [0, 0.05) is 25.6 Å². The molecule has 2 N–H and O–H groups in total. The van der Waals surface area contributed by atoms with Gasteiger partial charge in [0.15, 0.2) is 0 Å². The molecule has 0 unspecified atom stereocenters. The lowest BCUT2D eigenvalue weighted by atomic mass is 10.2. The maximum Gasteiger partial charge on any atom is 0.262 e. The summed E-state index contributed by atoms with van der Waals surface area (Å²) in [5.41, 5.74) is 5.91. The fourth-order valence-electron chi connectivity index (χ4n) is 2.34. The summed E-state index contributed by atoms with van der Waals surface area (Å²) in [6.07, 6.45) is -0.0834. The first-order valence-corrected chi connectivity index (χ1v) is 7.15. The SMILES string of the molecule is CC(=O)N(C(=O)CCN)N1CC(=O)N(c2ccccc2)CC1=O.